The van der Waals surface area contributed by atoms with Gasteiger partial charge in [-0.05, 0) is 0 Å². The first-order chi connectivity index (χ1) is 9.16. The van der Waals surface area contributed by atoms with Gasteiger partial charge in [0.25, 0.3) is 0 Å². The minimum absolute atomic E-state index is 0.0234. The summed E-state index contributed by atoms with van der Waals surface area (Å²) >= 11 is 1.67. The van der Waals surface area contributed by atoms with E-state index >= 15 is 0 Å². The normalized spacial score (nSPS) is 19.2. The number of aromatic nitrogens is 1. The van der Waals surface area contributed by atoms with Gasteiger partial charge in [-0.1, -0.05) is 5.16 Å². The van der Waals surface area contributed by atoms with Crippen molar-refractivity contribution in [2.24, 2.45) is 0 Å². The second-order valence-corrected chi connectivity index (χ2v) is 5.32. The van der Waals surface area contributed by atoms with E-state index in [2.05, 4.69) is 15.0 Å². The Labute approximate surface area is 114 Å². The molecule has 0 aliphatic carbocycles. The Kier molecular flexibility index (Phi) is 4.67. The first-order valence-electron chi connectivity index (χ1n) is 5.90. The number of nitrogens with zero attached hydrogens (tertiary/aromatic N) is 2. The number of hydrogen-bond donors (Lipinski definition) is 2. The molecule has 1 aliphatic rings. The van der Waals surface area contributed by atoms with E-state index in [-0.39, 0.29) is 25.0 Å². The molecule has 2 amide bonds. The van der Waals surface area contributed by atoms with Gasteiger partial charge >= 0.3 is 12.0 Å². The van der Waals surface area contributed by atoms with Crippen LogP contribution >= 0.6 is 11.8 Å². The molecule has 2 heterocycles. The number of urea groups is 1. The summed E-state index contributed by atoms with van der Waals surface area (Å²) in [7, 11) is 0. The zero-order valence-electron chi connectivity index (χ0n) is 10.2. The number of carboxylic acid groups (broad SMARTS) is 1. The number of nitrogens with one attached hydrogen (secondary N) is 1. The summed E-state index contributed by atoms with van der Waals surface area (Å²) in [6, 6.07) is 1.16. The van der Waals surface area contributed by atoms with Crippen LogP contribution in [0, 0.1) is 0 Å². The van der Waals surface area contributed by atoms with Crippen LogP contribution in [-0.2, 0) is 11.3 Å². The molecule has 0 bridgehead atoms. The number of rotatable bonds is 4. The Balaban J connectivity index is 1.89. The fourth-order valence-corrected chi connectivity index (χ4v) is 2.95. The van der Waals surface area contributed by atoms with Crippen molar-refractivity contribution in [1.82, 2.24) is 15.4 Å². The number of carbonyl (C=O) groups excluding carboxylic acids is 1. The van der Waals surface area contributed by atoms with Gasteiger partial charge in [0.2, 0.25) is 0 Å². The Bertz CT molecular complexity index is 437. The van der Waals surface area contributed by atoms with E-state index in [1.807, 2.05) is 0 Å². The average molecular weight is 285 g/mol. The summed E-state index contributed by atoms with van der Waals surface area (Å²) in [6.07, 6.45) is 1.41. The van der Waals surface area contributed by atoms with Crippen LogP contribution in [0.2, 0.25) is 0 Å². The van der Waals surface area contributed by atoms with Crippen LogP contribution in [0.1, 0.15) is 12.1 Å². The summed E-state index contributed by atoms with van der Waals surface area (Å²) < 4.78 is 4.67. The number of hydrogen-bond acceptors (Lipinski definition) is 5. The average Bonchev–Trinajstić information content (AvgIpc) is 2.89. The van der Waals surface area contributed by atoms with Crippen molar-refractivity contribution in [3.05, 3.63) is 18.0 Å². The molecule has 1 aromatic rings. The van der Waals surface area contributed by atoms with Crippen LogP contribution < -0.4 is 5.32 Å². The topological polar surface area (TPSA) is 95.7 Å². The van der Waals surface area contributed by atoms with Crippen LogP contribution in [0.4, 0.5) is 4.79 Å². The zero-order valence-corrected chi connectivity index (χ0v) is 11.1. The van der Waals surface area contributed by atoms with E-state index < -0.39 is 5.97 Å². The van der Waals surface area contributed by atoms with Crippen molar-refractivity contribution in [1.29, 1.82) is 0 Å². The van der Waals surface area contributed by atoms with E-state index in [0.717, 1.165) is 5.75 Å². The van der Waals surface area contributed by atoms with Gasteiger partial charge in [0.1, 0.15) is 12.0 Å². The lowest BCUT2D eigenvalue weighted by Gasteiger charge is -2.34. The van der Waals surface area contributed by atoms with E-state index in [4.69, 9.17) is 5.11 Å². The van der Waals surface area contributed by atoms with Crippen molar-refractivity contribution >= 4 is 23.8 Å². The fraction of sp³-hybridized carbons (Fsp3) is 0.545. The van der Waals surface area contributed by atoms with E-state index in [1.54, 1.807) is 22.7 Å². The lowest BCUT2D eigenvalue weighted by molar-refractivity contribution is -0.137. The van der Waals surface area contributed by atoms with Gasteiger partial charge < -0.3 is 19.8 Å². The van der Waals surface area contributed by atoms with Gasteiger partial charge in [0.15, 0.2) is 0 Å². The standard InChI is InChI=1S/C11H15N3O4S/c15-10(16)5-9-7-19-4-2-14(9)11(17)12-6-8-1-3-18-13-8/h1,3,9H,2,4-7H2,(H,12,17)(H,15,16). The van der Waals surface area contributed by atoms with E-state index in [9.17, 15) is 9.59 Å². The van der Waals surface area contributed by atoms with Crippen molar-refractivity contribution in [2.45, 2.75) is 19.0 Å². The van der Waals surface area contributed by atoms with E-state index in [1.165, 1.54) is 6.26 Å². The molecule has 1 atom stereocenters. The monoisotopic (exact) mass is 285 g/mol. The molecule has 2 N–H and O–H groups in total. The molecule has 0 spiro atoms. The van der Waals surface area contributed by atoms with Crippen LogP contribution in [0.5, 0.6) is 0 Å². The number of aliphatic carboxylic acids is 1. The molecule has 0 aromatic carbocycles. The van der Waals surface area contributed by atoms with Crippen molar-refractivity contribution in [2.75, 3.05) is 18.1 Å². The Morgan fingerprint density at radius 1 is 1.63 bits per heavy atom. The molecule has 0 saturated carbocycles. The third-order valence-electron chi connectivity index (χ3n) is 2.81. The second kappa shape index (κ2) is 6.46. The molecular weight excluding hydrogens is 270 g/mol. The Hall–Kier alpha value is -1.70. The number of carbonyl (C=O) groups is 2. The van der Waals surface area contributed by atoms with E-state index in [0.29, 0.717) is 18.0 Å². The molecule has 1 saturated heterocycles. The minimum Gasteiger partial charge on any atom is -0.481 e. The van der Waals surface area contributed by atoms with Gasteiger partial charge in [-0.25, -0.2) is 4.79 Å². The van der Waals surface area contributed by atoms with Gasteiger partial charge in [0.05, 0.1) is 19.0 Å². The predicted octanol–water partition coefficient (Wildman–Crippen LogP) is 0.776. The summed E-state index contributed by atoms with van der Waals surface area (Å²) in [5.41, 5.74) is 0.634. The first kappa shape index (κ1) is 13.7. The summed E-state index contributed by atoms with van der Waals surface area (Å²) in [4.78, 5) is 24.4. The molecular formula is C11H15N3O4S. The van der Waals surface area contributed by atoms with Gasteiger partial charge in [-0.2, -0.15) is 11.8 Å². The van der Waals surface area contributed by atoms with Crippen LogP contribution in [-0.4, -0.2) is 51.3 Å². The molecule has 104 valence electrons. The van der Waals surface area contributed by atoms with Crippen molar-refractivity contribution in [3.8, 4) is 0 Å². The SMILES string of the molecule is O=C(O)CC1CSCCN1C(=O)NCc1ccon1. The van der Waals surface area contributed by atoms with Gasteiger partial charge in [-0.3, -0.25) is 4.79 Å². The third-order valence-corrected chi connectivity index (χ3v) is 3.90. The third kappa shape index (κ3) is 3.88. The highest BCUT2D eigenvalue weighted by Crippen LogP contribution is 2.19. The molecule has 1 unspecified atom stereocenters. The molecule has 7 nitrogen and oxygen atoms in total. The fourth-order valence-electron chi connectivity index (χ4n) is 1.89. The molecule has 19 heavy (non-hydrogen) atoms. The smallest absolute Gasteiger partial charge is 0.318 e. The lowest BCUT2D eigenvalue weighted by Crippen LogP contribution is -2.51. The quantitative estimate of drug-likeness (QED) is 0.848. The van der Waals surface area contributed by atoms with Gasteiger partial charge in [0, 0.05) is 24.1 Å². The number of amides is 2. The molecule has 1 fully saturated rings. The summed E-state index contributed by atoms with van der Waals surface area (Å²) in [6.45, 7) is 0.839. The first-order valence-corrected chi connectivity index (χ1v) is 7.05. The number of carboxylic acids is 1. The Morgan fingerprint density at radius 2 is 2.47 bits per heavy atom. The maximum absolute atomic E-state index is 12.0. The highest BCUT2D eigenvalue weighted by atomic mass is 32.2. The molecule has 1 aliphatic heterocycles. The van der Waals surface area contributed by atoms with Crippen molar-refractivity contribution < 1.29 is 19.2 Å². The molecule has 0 radical (unpaired) electrons. The largest absolute Gasteiger partial charge is 0.481 e. The maximum atomic E-state index is 12.0. The maximum Gasteiger partial charge on any atom is 0.318 e. The van der Waals surface area contributed by atoms with Crippen LogP contribution in [0.15, 0.2) is 16.9 Å². The molecule has 2 rings (SSSR count). The summed E-state index contributed by atoms with van der Waals surface area (Å²) in [5.74, 6) is 0.596. The molecule has 8 heteroatoms. The lowest BCUT2D eigenvalue weighted by atomic mass is 10.2. The van der Waals surface area contributed by atoms with Crippen molar-refractivity contribution in [3.63, 3.8) is 0 Å². The van der Waals surface area contributed by atoms with Crippen LogP contribution in [0.25, 0.3) is 0 Å². The van der Waals surface area contributed by atoms with Gasteiger partial charge in [-0.15, -0.1) is 0 Å². The highest BCUT2D eigenvalue weighted by molar-refractivity contribution is 7.99. The molecule has 1 aromatic heterocycles. The zero-order chi connectivity index (χ0) is 13.7. The highest BCUT2D eigenvalue weighted by Gasteiger charge is 2.28. The summed E-state index contributed by atoms with van der Waals surface area (Å²) in [5, 5.41) is 15.3. The Morgan fingerprint density at radius 3 is 3.16 bits per heavy atom. The predicted molar refractivity (Wildman–Crippen MR) is 68.8 cm³/mol. The minimum atomic E-state index is -0.887. The van der Waals surface area contributed by atoms with Crippen LogP contribution in [0.3, 0.4) is 0 Å². The number of thioether (sulfide) groups is 1. The second-order valence-electron chi connectivity index (χ2n) is 4.17.